The summed E-state index contributed by atoms with van der Waals surface area (Å²) in [6, 6.07) is 7.63. The number of nitrogens with one attached hydrogen (secondary N) is 1. The highest BCUT2D eigenvalue weighted by Crippen LogP contribution is 2.33. The van der Waals surface area contributed by atoms with Crippen molar-refractivity contribution in [2.24, 2.45) is 0 Å². The summed E-state index contributed by atoms with van der Waals surface area (Å²) in [5.41, 5.74) is 8.42. The van der Waals surface area contributed by atoms with E-state index in [1.807, 2.05) is 18.5 Å². The summed E-state index contributed by atoms with van der Waals surface area (Å²) in [4.78, 5) is 22.9. The van der Waals surface area contributed by atoms with Crippen molar-refractivity contribution in [3.63, 3.8) is 0 Å². The van der Waals surface area contributed by atoms with Gasteiger partial charge >= 0.3 is 0 Å². The molecule has 3 aromatic rings. The van der Waals surface area contributed by atoms with E-state index in [0.717, 1.165) is 45.7 Å². The number of anilines is 1. The molecule has 0 saturated heterocycles. The van der Waals surface area contributed by atoms with Crippen LogP contribution in [0.1, 0.15) is 70.9 Å². The molecule has 1 amide bonds. The van der Waals surface area contributed by atoms with E-state index in [1.165, 1.54) is 31.4 Å². The van der Waals surface area contributed by atoms with Gasteiger partial charge in [-0.05, 0) is 109 Å². The minimum Gasteiger partial charge on any atom is -0.369 e. The van der Waals surface area contributed by atoms with Gasteiger partial charge in [0.05, 0.1) is 0 Å². The number of carbonyl (C=O) groups excluding carboxylic acids is 1. The quantitative estimate of drug-likeness (QED) is 0.511. The van der Waals surface area contributed by atoms with Crippen molar-refractivity contribution < 1.29 is 4.79 Å². The molecule has 1 aromatic carbocycles. The Labute approximate surface area is 210 Å². The van der Waals surface area contributed by atoms with Crippen LogP contribution in [0.2, 0.25) is 0 Å². The van der Waals surface area contributed by atoms with E-state index < -0.39 is 0 Å². The minimum atomic E-state index is -0.0236. The van der Waals surface area contributed by atoms with Crippen molar-refractivity contribution >= 4 is 17.2 Å². The van der Waals surface area contributed by atoms with Crippen molar-refractivity contribution in [2.45, 2.75) is 78.9 Å². The van der Waals surface area contributed by atoms with E-state index in [-0.39, 0.29) is 5.91 Å². The van der Waals surface area contributed by atoms with Crippen molar-refractivity contribution in [1.82, 2.24) is 19.6 Å². The number of aryl methyl sites for hydroxylation is 3. The lowest BCUT2D eigenvalue weighted by atomic mass is 9.88. The third-order valence-corrected chi connectivity index (χ3v) is 7.87. The zero-order chi connectivity index (χ0) is 25.3. The number of fused-ring (bicyclic) bond motifs is 1. The number of rotatable bonds is 7. The Kier molecular flexibility index (Phi) is 7.50. The summed E-state index contributed by atoms with van der Waals surface area (Å²) in [7, 11) is 4.38. The smallest absolute Gasteiger partial charge is 0.251 e. The van der Waals surface area contributed by atoms with Gasteiger partial charge in [0, 0.05) is 60.1 Å². The lowest BCUT2D eigenvalue weighted by Gasteiger charge is -2.40. The van der Waals surface area contributed by atoms with E-state index in [4.69, 9.17) is 0 Å². The molecule has 35 heavy (non-hydrogen) atoms. The summed E-state index contributed by atoms with van der Waals surface area (Å²) < 4.78 is 2.08. The fourth-order valence-corrected chi connectivity index (χ4v) is 5.83. The predicted octanol–water partition coefficient (Wildman–Crippen LogP) is 5.20. The Morgan fingerprint density at radius 3 is 2.40 bits per heavy atom. The highest BCUT2D eigenvalue weighted by atomic mass is 16.1. The molecule has 188 valence electrons. The third-order valence-electron chi connectivity index (χ3n) is 7.87. The van der Waals surface area contributed by atoms with Crippen molar-refractivity contribution in [3.8, 4) is 0 Å². The van der Waals surface area contributed by atoms with Crippen LogP contribution in [0.25, 0.3) is 5.65 Å². The molecule has 1 saturated carbocycles. The van der Waals surface area contributed by atoms with Gasteiger partial charge in [-0.15, -0.1) is 0 Å². The topological polar surface area (TPSA) is 52.9 Å². The molecule has 0 spiro atoms. The standard InChI is InChI=1S/C29H41N5O/c1-8-33(24-11-9-23(10-12-24)32(6)7)27-16-19(2)15-25(22(27)5)29(35)31-18-26-20(3)17-21(4)34-14-13-30-28(26)34/h13-17,23-24H,8-12,18H2,1-7H3,(H,31,35). The number of benzene rings is 1. The Morgan fingerprint density at radius 1 is 1.06 bits per heavy atom. The predicted molar refractivity (Wildman–Crippen MR) is 145 cm³/mol. The van der Waals surface area contributed by atoms with Crippen molar-refractivity contribution in [3.05, 3.63) is 64.1 Å². The molecule has 4 rings (SSSR count). The van der Waals surface area contributed by atoms with Crippen LogP contribution in [0, 0.1) is 27.7 Å². The number of nitrogens with zero attached hydrogens (tertiary/aromatic N) is 4. The molecular formula is C29H41N5O. The Bertz CT molecular complexity index is 1200. The number of carbonyl (C=O) groups is 1. The van der Waals surface area contributed by atoms with Gasteiger partial charge in [0.25, 0.3) is 5.91 Å². The lowest BCUT2D eigenvalue weighted by Crippen LogP contribution is -2.42. The molecule has 2 heterocycles. The highest BCUT2D eigenvalue weighted by Gasteiger charge is 2.28. The minimum absolute atomic E-state index is 0.0236. The van der Waals surface area contributed by atoms with Crippen LogP contribution in [0.15, 0.2) is 30.6 Å². The largest absolute Gasteiger partial charge is 0.369 e. The molecule has 2 aromatic heterocycles. The fourth-order valence-electron chi connectivity index (χ4n) is 5.83. The summed E-state index contributed by atoms with van der Waals surface area (Å²) in [6.07, 6.45) is 8.62. The normalized spacial score (nSPS) is 18.3. The summed E-state index contributed by atoms with van der Waals surface area (Å²) in [5, 5.41) is 3.19. The van der Waals surface area contributed by atoms with Gasteiger partial charge in [0.2, 0.25) is 0 Å². The van der Waals surface area contributed by atoms with Gasteiger partial charge in [-0.3, -0.25) is 4.79 Å². The number of hydrogen-bond donors (Lipinski definition) is 1. The van der Waals surface area contributed by atoms with Crippen LogP contribution in [-0.4, -0.2) is 52.9 Å². The first-order valence-corrected chi connectivity index (χ1v) is 13.0. The van der Waals surface area contributed by atoms with Gasteiger partial charge in [-0.2, -0.15) is 0 Å². The fraction of sp³-hybridized carbons (Fsp3) is 0.517. The summed E-state index contributed by atoms with van der Waals surface area (Å²) in [5.74, 6) is -0.0236. The number of imidazole rings is 1. The van der Waals surface area contributed by atoms with Crippen molar-refractivity contribution in [1.29, 1.82) is 0 Å². The van der Waals surface area contributed by atoms with Crippen LogP contribution < -0.4 is 10.2 Å². The first-order valence-electron chi connectivity index (χ1n) is 13.0. The molecule has 1 aliphatic rings. The maximum absolute atomic E-state index is 13.4. The van der Waals surface area contributed by atoms with Gasteiger partial charge in [-0.1, -0.05) is 0 Å². The molecule has 1 N–H and O–H groups in total. The Hall–Kier alpha value is -2.86. The zero-order valence-corrected chi connectivity index (χ0v) is 22.5. The molecule has 0 unspecified atom stereocenters. The molecule has 6 nitrogen and oxygen atoms in total. The second kappa shape index (κ2) is 10.4. The molecule has 0 aliphatic heterocycles. The van der Waals surface area contributed by atoms with Crippen LogP contribution in [0.4, 0.5) is 5.69 Å². The van der Waals surface area contributed by atoms with Gasteiger partial charge in [0.1, 0.15) is 5.65 Å². The molecule has 0 bridgehead atoms. The maximum Gasteiger partial charge on any atom is 0.251 e. The SMILES string of the molecule is CCN(c1cc(C)cc(C(=O)NCc2c(C)cc(C)n3ccnc23)c1C)C1CCC(N(C)C)CC1. The van der Waals surface area contributed by atoms with Crippen LogP contribution >= 0.6 is 0 Å². The second-order valence-corrected chi connectivity index (χ2v) is 10.4. The van der Waals surface area contributed by atoms with Crippen molar-refractivity contribution in [2.75, 3.05) is 25.5 Å². The van der Waals surface area contributed by atoms with E-state index in [2.05, 4.69) is 85.3 Å². The molecule has 6 heteroatoms. The van der Waals surface area contributed by atoms with Crippen LogP contribution in [0.3, 0.4) is 0 Å². The lowest BCUT2D eigenvalue weighted by molar-refractivity contribution is 0.0950. The van der Waals surface area contributed by atoms with Crippen LogP contribution in [0.5, 0.6) is 0 Å². The maximum atomic E-state index is 13.4. The first kappa shape index (κ1) is 25.2. The highest BCUT2D eigenvalue weighted by molar-refractivity contribution is 5.97. The number of pyridine rings is 1. The summed E-state index contributed by atoms with van der Waals surface area (Å²) in [6.45, 7) is 12.0. The monoisotopic (exact) mass is 475 g/mol. The van der Waals surface area contributed by atoms with Gasteiger partial charge in [0.15, 0.2) is 0 Å². The number of aromatic nitrogens is 2. The van der Waals surface area contributed by atoms with E-state index in [9.17, 15) is 4.79 Å². The average Bonchev–Trinajstić information content (AvgIpc) is 3.32. The molecule has 0 radical (unpaired) electrons. The zero-order valence-electron chi connectivity index (χ0n) is 22.5. The second-order valence-electron chi connectivity index (χ2n) is 10.4. The average molecular weight is 476 g/mol. The number of hydrogen-bond acceptors (Lipinski definition) is 4. The Balaban J connectivity index is 1.56. The van der Waals surface area contributed by atoms with Gasteiger partial charge < -0.3 is 19.5 Å². The molecule has 1 fully saturated rings. The van der Waals surface area contributed by atoms with Crippen LogP contribution in [-0.2, 0) is 6.54 Å². The van der Waals surface area contributed by atoms with Gasteiger partial charge in [-0.25, -0.2) is 4.98 Å². The number of amides is 1. The van der Waals surface area contributed by atoms with E-state index in [1.54, 1.807) is 0 Å². The third kappa shape index (κ3) is 5.08. The Morgan fingerprint density at radius 2 is 1.74 bits per heavy atom. The first-order chi connectivity index (χ1) is 16.7. The molecule has 0 atom stereocenters. The summed E-state index contributed by atoms with van der Waals surface area (Å²) >= 11 is 0. The molecular weight excluding hydrogens is 434 g/mol. The van der Waals surface area contributed by atoms with E-state index in [0.29, 0.717) is 18.6 Å². The van der Waals surface area contributed by atoms with E-state index >= 15 is 0 Å². The molecule has 1 aliphatic carbocycles.